The molecule has 1 aromatic carbocycles. The molecule has 0 bridgehead atoms. The maximum absolute atomic E-state index is 11.7. The molecule has 80 valence electrons. The Hall–Kier alpha value is -1.60. The van der Waals surface area contributed by atoms with Gasteiger partial charge in [-0.25, -0.2) is 0 Å². The van der Waals surface area contributed by atoms with Crippen LogP contribution in [-0.4, -0.2) is 5.78 Å². The maximum atomic E-state index is 11.7. The van der Waals surface area contributed by atoms with Crippen LogP contribution in [-0.2, 0) is 4.79 Å². The fraction of sp³-hybridized carbons (Fsp3) is 0.0714. The van der Waals surface area contributed by atoms with Crippen LogP contribution < -0.4 is 0 Å². The van der Waals surface area contributed by atoms with Crippen LogP contribution in [0.5, 0.6) is 0 Å². The highest BCUT2D eigenvalue weighted by atomic mass is 35.5. The Morgan fingerprint density at radius 1 is 1.19 bits per heavy atom. The minimum absolute atomic E-state index is 0.0740. The zero-order valence-corrected chi connectivity index (χ0v) is 9.39. The van der Waals surface area contributed by atoms with Gasteiger partial charge in [-0.2, -0.15) is 0 Å². The number of carbonyl (C=O) groups excluding carboxylic acids is 1. The number of ketones is 1. The summed E-state index contributed by atoms with van der Waals surface area (Å²) >= 11 is 5.98. The Morgan fingerprint density at radius 2 is 1.88 bits per heavy atom. The zero-order valence-electron chi connectivity index (χ0n) is 8.64. The van der Waals surface area contributed by atoms with E-state index in [1.165, 1.54) is 0 Å². The molecule has 0 amide bonds. The Balaban J connectivity index is 2.10. The maximum Gasteiger partial charge on any atom is 0.166 e. The van der Waals surface area contributed by atoms with Crippen LogP contribution >= 0.6 is 11.6 Å². The van der Waals surface area contributed by atoms with E-state index in [-0.39, 0.29) is 11.7 Å². The summed E-state index contributed by atoms with van der Waals surface area (Å²) in [4.78, 5) is 11.7. The van der Waals surface area contributed by atoms with Crippen LogP contribution in [0.1, 0.15) is 5.56 Å². The molecular weight excluding hydrogens is 220 g/mol. The molecule has 1 aromatic rings. The van der Waals surface area contributed by atoms with Gasteiger partial charge in [0, 0.05) is 5.02 Å². The summed E-state index contributed by atoms with van der Waals surface area (Å²) in [5.74, 6) is -0.0383. The molecule has 0 unspecified atom stereocenters. The first-order valence-corrected chi connectivity index (χ1v) is 5.46. The Morgan fingerprint density at radius 3 is 2.56 bits per heavy atom. The molecule has 0 saturated heterocycles. The third-order valence-electron chi connectivity index (χ3n) is 2.41. The van der Waals surface area contributed by atoms with Gasteiger partial charge in [-0.05, 0) is 23.8 Å². The lowest BCUT2D eigenvalue weighted by atomic mass is 10.1. The van der Waals surface area contributed by atoms with Gasteiger partial charge >= 0.3 is 0 Å². The Kier molecular flexibility index (Phi) is 3.37. The number of rotatable bonds is 3. The molecule has 0 fully saturated rings. The molecule has 0 spiro atoms. The number of benzene rings is 1. The minimum Gasteiger partial charge on any atom is -0.294 e. The fourth-order valence-electron chi connectivity index (χ4n) is 1.51. The highest BCUT2D eigenvalue weighted by molar-refractivity contribution is 6.32. The lowest BCUT2D eigenvalue weighted by Gasteiger charge is -1.99. The first-order chi connectivity index (χ1) is 7.77. The summed E-state index contributed by atoms with van der Waals surface area (Å²) in [6, 6.07) is 7.45. The van der Waals surface area contributed by atoms with Crippen molar-refractivity contribution in [1.82, 2.24) is 0 Å². The SMILES string of the molecule is O=C(C=Cc1ccccc1Cl)C1C=CC=C1. The monoisotopic (exact) mass is 230 g/mol. The predicted octanol–water partition coefficient (Wildman–Crippen LogP) is 3.66. The highest BCUT2D eigenvalue weighted by Gasteiger charge is 2.10. The van der Waals surface area contributed by atoms with Crippen LogP contribution in [0, 0.1) is 5.92 Å². The van der Waals surface area contributed by atoms with Crippen molar-refractivity contribution in [3.63, 3.8) is 0 Å². The third kappa shape index (κ3) is 2.50. The highest BCUT2D eigenvalue weighted by Crippen LogP contribution is 2.17. The van der Waals surface area contributed by atoms with E-state index >= 15 is 0 Å². The molecular formula is C14H11ClO. The average Bonchev–Trinajstić information content (AvgIpc) is 2.81. The van der Waals surface area contributed by atoms with Gasteiger partial charge in [0.1, 0.15) is 0 Å². The summed E-state index contributed by atoms with van der Waals surface area (Å²) in [6.07, 6.45) is 10.8. The number of allylic oxidation sites excluding steroid dienone is 5. The lowest BCUT2D eigenvalue weighted by Crippen LogP contribution is -2.03. The topological polar surface area (TPSA) is 17.1 Å². The standard InChI is InChI=1S/C14H11ClO/c15-13-8-4-3-5-11(13)9-10-14(16)12-6-1-2-7-12/h1-10,12H. The molecule has 1 aliphatic carbocycles. The van der Waals surface area contributed by atoms with Crippen molar-refractivity contribution in [3.05, 3.63) is 65.2 Å². The van der Waals surface area contributed by atoms with Gasteiger partial charge in [0.2, 0.25) is 0 Å². The molecule has 2 rings (SSSR count). The lowest BCUT2D eigenvalue weighted by molar-refractivity contribution is -0.115. The third-order valence-corrected chi connectivity index (χ3v) is 2.75. The quantitative estimate of drug-likeness (QED) is 0.725. The van der Waals surface area contributed by atoms with Gasteiger partial charge in [0.25, 0.3) is 0 Å². The summed E-state index contributed by atoms with van der Waals surface area (Å²) in [5, 5.41) is 0.657. The largest absolute Gasteiger partial charge is 0.294 e. The van der Waals surface area contributed by atoms with Gasteiger partial charge in [-0.1, -0.05) is 54.1 Å². The van der Waals surface area contributed by atoms with Crippen molar-refractivity contribution in [2.75, 3.05) is 0 Å². The second-order valence-corrected chi connectivity index (χ2v) is 3.96. The smallest absolute Gasteiger partial charge is 0.166 e. The summed E-state index contributed by atoms with van der Waals surface area (Å²) in [5.41, 5.74) is 0.864. The van der Waals surface area contributed by atoms with E-state index < -0.39 is 0 Å². The summed E-state index contributed by atoms with van der Waals surface area (Å²) in [6.45, 7) is 0. The van der Waals surface area contributed by atoms with E-state index in [0.717, 1.165) is 5.56 Å². The molecule has 0 heterocycles. The van der Waals surface area contributed by atoms with Crippen molar-refractivity contribution < 1.29 is 4.79 Å². The predicted molar refractivity (Wildman–Crippen MR) is 67.3 cm³/mol. The molecule has 0 saturated carbocycles. The molecule has 0 aromatic heterocycles. The molecule has 0 N–H and O–H groups in total. The molecule has 1 nitrogen and oxygen atoms in total. The van der Waals surface area contributed by atoms with Gasteiger partial charge in [0.15, 0.2) is 5.78 Å². The van der Waals surface area contributed by atoms with E-state index in [9.17, 15) is 4.79 Å². The minimum atomic E-state index is -0.112. The molecule has 0 radical (unpaired) electrons. The fourth-order valence-corrected chi connectivity index (χ4v) is 1.71. The van der Waals surface area contributed by atoms with Crippen molar-refractivity contribution in [1.29, 1.82) is 0 Å². The van der Waals surface area contributed by atoms with Crippen LogP contribution in [0.25, 0.3) is 6.08 Å². The molecule has 1 aliphatic rings. The van der Waals surface area contributed by atoms with E-state index in [1.54, 1.807) is 18.2 Å². The second-order valence-electron chi connectivity index (χ2n) is 3.55. The summed E-state index contributed by atoms with van der Waals surface area (Å²) in [7, 11) is 0. The number of halogens is 1. The van der Waals surface area contributed by atoms with E-state index in [2.05, 4.69) is 0 Å². The Bertz CT molecular complexity index is 471. The normalized spacial score (nSPS) is 15.1. The van der Waals surface area contributed by atoms with Crippen molar-refractivity contribution in [2.45, 2.75) is 0 Å². The van der Waals surface area contributed by atoms with Gasteiger partial charge in [-0.15, -0.1) is 0 Å². The molecule has 2 heteroatoms. The van der Waals surface area contributed by atoms with Gasteiger partial charge < -0.3 is 0 Å². The number of carbonyl (C=O) groups is 1. The van der Waals surface area contributed by atoms with Crippen LogP contribution in [0.2, 0.25) is 5.02 Å². The van der Waals surface area contributed by atoms with Crippen molar-refractivity contribution in [2.24, 2.45) is 5.92 Å². The molecule has 0 atom stereocenters. The molecule has 16 heavy (non-hydrogen) atoms. The zero-order chi connectivity index (χ0) is 11.4. The van der Waals surface area contributed by atoms with Crippen LogP contribution in [0.4, 0.5) is 0 Å². The first-order valence-electron chi connectivity index (χ1n) is 5.09. The second kappa shape index (κ2) is 4.95. The van der Waals surface area contributed by atoms with Crippen LogP contribution in [0.3, 0.4) is 0 Å². The number of hydrogen-bond donors (Lipinski definition) is 0. The van der Waals surface area contributed by atoms with E-state index in [0.29, 0.717) is 5.02 Å². The first kappa shape index (κ1) is 10.9. The summed E-state index contributed by atoms with van der Waals surface area (Å²) < 4.78 is 0. The van der Waals surface area contributed by atoms with E-state index in [4.69, 9.17) is 11.6 Å². The average molecular weight is 231 g/mol. The van der Waals surface area contributed by atoms with Crippen molar-refractivity contribution >= 4 is 23.5 Å². The van der Waals surface area contributed by atoms with Gasteiger partial charge in [0.05, 0.1) is 5.92 Å². The van der Waals surface area contributed by atoms with Crippen LogP contribution in [0.15, 0.2) is 54.6 Å². The number of hydrogen-bond acceptors (Lipinski definition) is 1. The Labute approximate surface area is 99.7 Å². The van der Waals surface area contributed by atoms with Gasteiger partial charge in [-0.3, -0.25) is 4.79 Å². The van der Waals surface area contributed by atoms with Crippen molar-refractivity contribution in [3.8, 4) is 0 Å². The van der Waals surface area contributed by atoms with E-state index in [1.807, 2.05) is 42.5 Å². The molecule has 0 aliphatic heterocycles.